The Morgan fingerprint density at radius 2 is 2.05 bits per heavy atom. The van der Waals surface area contributed by atoms with Crippen LogP contribution in [0, 0.1) is 5.92 Å². The number of hydrogen-bond acceptors (Lipinski definition) is 4. The van der Waals surface area contributed by atoms with Gasteiger partial charge in [-0.25, -0.2) is 8.42 Å². The van der Waals surface area contributed by atoms with E-state index in [0.717, 1.165) is 11.8 Å². The maximum atomic E-state index is 12.8. The van der Waals surface area contributed by atoms with Gasteiger partial charge in [-0.2, -0.15) is 4.31 Å². The van der Waals surface area contributed by atoms with E-state index in [1.54, 1.807) is 24.4 Å². The lowest BCUT2D eigenvalue weighted by Crippen LogP contribution is -2.30. The highest BCUT2D eigenvalue weighted by atomic mass is 35.5. The number of halogens is 1. The van der Waals surface area contributed by atoms with Gasteiger partial charge in [-0.05, 0) is 31.0 Å². The van der Waals surface area contributed by atoms with Gasteiger partial charge in [-0.3, -0.25) is 4.98 Å². The number of fused-ring (bicyclic) bond motifs is 1. The number of para-hydroxylation sites is 1. The summed E-state index contributed by atoms with van der Waals surface area (Å²) in [5.74, 6) is 0.257. The predicted molar refractivity (Wildman–Crippen MR) is 84.9 cm³/mol. The van der Waals surface area contributed by atoms with Crippen LogP contribution in [0.5, 0.6) is 0 Å². The molecule has 0 amide bonds. The Labute approximate surface area is 130 Å². The predicted octanol–water partition coefficient (Wildman–Crippen LogP) is 1.63. The van der Waals surface area contributed by atoms with Crippen LogP contribution in [0.3, 0.4) is 0 Å². The molecule has 7 heteroatoms. The van der Waals surface area contributed by atoms with Crippen LogP contribution < -0.4 is 5.73 Å². The van der Waals surface area contributed by atoms with Crippen LogP contribution in [0.1, 0.15) is 6.42 Å². The van der Waals surface area contributed by atoms with Crippen molar-refractivity contribution in [2.45, 2.75) is 11.3 Å². The van der Waals surface area contributed by atoms with Crippen molar-refractivity contribution in [3.05, 3.63) is 36.5 Å². The van der Waals surface area contributed by atoms with Gasteiger partial charge in [-0.1, -0.05) is 18.2 Å². The average Bonchev–Trinajstić information content (AvgIpc) is 2.96. The van der Waals surface area contributed by atoms with Gasteiger partial charge >= 0.3 is 0 Å². The Bertz CT molecular complexity index is 731. The number of benzene rings is 1. The summed E-state index contributed by atoms with van der Waals surface area (Å²) < 4.78 is 27.0. The zero-order valence-electron chi connectivity index (χ0n) is 11.5. The van der Waals surface area contributed by atoms with Gasteiger partial charge in [0, 0.05) is 24.7 Å². The number of nitrogens with zero attached hydrogens (tertiary/aromatic N) is 2. The molecule has 114 valence electrons. The zero-order valence-corrected chi connectivity index (χ0v) is 13.1. The average molecular weight is 328 g/mol. The minimum Gasteiger partial charge on any atom is -0.330 e. The summed E-state index contributed by atoms with van der Waals surface area (Å²) in [7, 11) is -3.49. The quantitative estimate of drug-likeness (QED) is 0.929. The van der Waals surface area contributed by atoms with Crippen molar-refractivity contribution < 1.29 is 8.42 Å². The lowest BCUT2D eigenvalue weighted by Gasteiger charge is -2.17. The molecule has 0 spiro atoms. The van der Waals surface area contributed by atoms with Gasteiger partial charge in [-0.15, -0.1) is 12.4 Å². The molecule has 1 fully saturated rings. The van der Waals surface area contributed by atoms with Gasteiger partial charge in [0.1, 0.15) is 4.90 Å². The molecular weight excluding hydrogens is 310 g/mol. The molecule has 5 nitrogen and oxygen atoms in total. The molecule has 21 heavy (non-hydrogen) atoms. The fourth-order valence-corrected chi connectivity index (χ4v) is 4.33. The van der Waals surface area contributed by atoms with Crippen LogP contribution in [0.4, 0.5) is 0 Å². The minimum absolute atomic E-state index is 0. The second-order valence-corrected chi connectivity index (χ2v) is 6.99. The first-order chi connectivity index (χ1) is 9.63. The number of rotatable bonds is 3. The second-order valence-electron chi connectivity index (χ2n) is 5.08. The Kier molecular flexibility index (Phi) is 4.83. The maximum Gasteiger partial charge on any atom is 0.245 e. The first-order valence-electron chi connectivity index (χ1n) is 6.67. The highest BCUT2D eigenvalue weighted by Gasteiger charge is 2.33. The SMILES string of the molecule is Cl.NCC1CCN(S(=O)(=O)c2cccc3cccnc23)C1. The third-order valence-corrected chi connectivity index (χ3v) is 5.69. The van der Waals surface area contributed by atoms with E-state index in [2.05, 4.69) is 4.98 Å². The summed E-state index contributed by atoms with van der Waals surface area (Å²) in [6.07, 6.45) is 2.45. The number of sulfonamides is 1. The highest BCUT2D eigenvalue weighted by Crippen LogP contribution is 2.27. The lowest BCUT2D eigenvalue weighted by atomic mass is 10.1. The molecule has 1 saturated heterocycles. The molecular formula is C14H18ClN3O2S. The molecule has 2 aromatic rings. The number of hydrogen-bond donors (Lipinski definition) is 1. The summed E-state index contributed by atoms with van der Waals surface area (Å²) >= 11 is 0. The van der Waals surface area contributed by atoms with Crippen LogP contribution in [0.2, 0.25) is 0 Å². The van der Waals surface area contributed by atoms with Crippen molar-refractivity contribution in [3.63, 3.8) is 0 Å². The molecule has 0 bridgehead atoms. The summed E-state index contributed by atoms with van der Waals surface area (Å²) in [4.78, 5) is 4.51. The van der Waals surface area contributed by atoms with Gasteiger partial charge in [0.05, 0.1) is 5.52 Å². The molecule has 1 aliphatic rings. The highest BCUT2D eigenvalue weighted by molar-refractivity contribution is 7.89. The van der Waals surface area contributed by atoms with Crippen molar-refractivity contribution in [1.29, 1.82) is 0 Å². The fraction of sp³-hybridized carbons (Fsp3) is 0.357. The van der Waals surface area contributed by atoms with Crippen molar-refractivity contribution in [2.75, 3.05) is 19.6 Å². The topological polar surface area (TPSA) is 76.3 Å². The zero-order chi connectivity index (χ0) is 14.2. The Hall–Kier alpha value is -1.21. The van der Waals surface area contributed by atoms with E-state index in [-0.39, 0.29) is 23.2 Å². The van der Waals surface area contributed by atoms with E-state index in [0.29, 0.717) is 25.2 Å². The number of nitrogens with two attached hydrogens (primary N) is 1. The van der Waals surface area contributed by atoms with Crippen LogP contribution >= 0.6 is 12.4 Å². The standard InChI is InChI=1S/C14H17N3O2S.ClH/c15-9-11-6-8-17(10-11)20(18,19)13-5-1-3-12-4-2-7-16-14(12)13;/h1-5,7,11H,6,8-10,15H2;1H. The van der Waals surface area contributed by atoms with Crippen molar-refractivity contribution in [2.24, 2.45) is 11.7 Å². The summed E-state index contributed by atoms with van der Waals surface area (Å²) in [5, 5.41) is 0.836. The smallest absolute Gasteiger partial charge is 0.245 e. The van der Waals surface area contributed by atoms with E-state index in [9.17, 15) is 8.42 Å². The Morgan fingerprint density at radius 3 is 2.76 bits per heavy atom. The molecule has 0 radical (unpaired) electrons. The number of pyridine rings is 1. The van der Waals surface area contributed by atoms with Crippen LogP contribution in [-0.4, -0.2) is 37.3 Å². The van der Waals surface area contributed by atoms with Gasteiger partial charge in [0.2, 0.25) is 10.0 Å². The van der Waals surface area contributed by atoms with Crippen molar-refractivity contribution in [1.82, 2.24) is 9.29 Å². The third-order valence-electron chi connectivity index (χ3n) is 3.80. The van der Waals surface area contributed by atoms with Crippen molar-refractivity contribution in [3.8, 4) is 0 Å². The second kappa shape index (κ2) is 6.27. The first kappa shape index (κ1) is 16.2. The molecule has 2 N–H and O–H groups in total. The van der Waals surface area contributed by atoms with E-state index in [1.165, 1.54) is 4.31 Å². The van der Waals surface area contributed by atoms with Crippen molar-refractivity contribution >= 4 is 33.3 Å². The maximum absolute atomic E-state index is 12.8. The largest absolute Gasteiger partial charge is 0.330 e. The molecule has 2 heterocycles. The summed E-state index contributed by atoms with van der Waals surface area (Å²) in [5.41, 5.74) is 6.17. The molecule has 0 saturated carbocycles. The minimum atomic E-state index is -3.49. The molecule has 1 aromatic heterocycles. The lowest BCUT2D eigenvalue weighted by molar-refractivity contribution is 0.459. The Morgan fingerprint density at radius 1 is 1.29 bits per heavy atom. The van der Waals surface area contributed by atoms with Crippen LogP contribution in [-0.2, 0) is 10.0 Å². The molecule has 1 atom stereocenters. The summed E-state index contributed by atoms with van der Waals surface area (Å²) in [6, 6.07) is 8.93. The normalized spacial score (nSPS) is 19.6. The van der Waals surface area contributed by atoms with Gasteiger partial charge < -0.3 is 5.73 Å². The van der Waals surface area contributed by atoms with E-state index in [4.69, 9.17) is 5.73 Å². The molecule has 1 aromatic carbocycles. The monoisotopic (exact) mass is 327 g/mol. The third kappa shape index (κ3) is 2.89. The van der Waals surface area contributed by atoms with E-state index < -0.39 is 10.0 Å². The van der Waals surface area contributed by atoms with E-state index in [1.807, 2.05) is 12.1 Å². The van der Waals surface area contributed by atoms with E-state index >= 15 is 0 Å². The Balaban J connectivity index is 0.00000161. The molecule has 0 aliphatic carbocycles. The fourth-order valence-electron chi connectivity index (χ4n) is 2.63. The molecule has 3 rings (SSSR count). The van der Waals surface area contributed by atoms with Crippen LogP contribution in [0.25, 0.3) is 10.9 Å². The molecule has 1 unspecified atom stereocenters. The summed E-state index contributed by atoms with van der Waals surface area (Å²) in [6.45, 7) is 1.56. The van der Waals surface area contributed by atoms with Crippen LogP contribution in [0.15, 0.2) is 41.4 Å². The number of aromatic nitrogens is 1. The van der Waals surface area contributed by atoms with Gasteiger partial charge in [0.15, 0.2) is 0 Å². The van der Waals surface area contributed by atoms with Gasteiger partial charge in [0.25, 0.3) is 0 Å². The molecule has 1 aliphatic heterocycles. The first-order valence-corrected chi connectivity index (χ1v) is 8.11.